The monoisotopic (exact) mass is 259 g/mol. The standard InChI is InChI=1S/C13H13N3O3/c1-2-16-7-3-4-10(16)12(17)15-11-8-9(13(18)19)5-6-14-11/h3-8H,2H2,1H3,(H,18,19)(H,14,15,17). The van der Waals surface area contributed by atoms with Crippen molar-refractivity contribution in [3.05, 3.63) is 47.9 Å². The van der Waals surface area contributed by atoms with Gasteiger partial charge in [0.1, 0.15) is 11.5 Å². The minimum absolute atomic E-state index is 0.0798. The van der Waals surface area contributed by atoms with Crippen LogP contribution in [-0.2, 0) is 6.54 Å². The average Bonchev–Trinajstić information content (AvgIpc) is 2.87. The predicted octanol–water partition coefficient (Wildman–Crippen LogP) is 1.85. The third-order valence-corrected chi connectivity index (χ3v) is 2.65. The lowest BCUT2D eigenvalue weighted by molar-refractivity contribution is 0.0696. The number of carboxylic acids is 1. The number of carboxylic acid groups (broad SMARTS) is 1. The Balaban J connectivity index is 2.19. The van der Waals surface area contributed by atoms with Crippen molar-refractivity contribution in [3.63, 3.8) is 0 Å². The Hall–Kier alpha value is -2.63. The highest BCUT2D eigenvalue weighted by Gasteiger charge is 2.12. The topological polar surface area (TPSA) is 84.2 Å². The molecular formula is C13H13N3O3. The van der Waals surface area contributed by atoms with Crippen molar-refractivity contribution in [2.45, 2.75) is 13.5 Å². The molecule has 1 amide bonds. The number of carbonyl (C=O) groups excluding carboxylic acids is 1. The average molecular weight is 259 g/mol. The fraction of sp³-hybridized carbons (Fsp3) is 0.154. The zero-order valence-electron chi connectivity index (χ0n) is 10.3. The number of nitrogens with one attached hydrogen (secondary N) is 1. The van der Waals surface area contributed by atoms with Gasteiger partial charge in [0.25, 0.3) is 5.91 Å². The first kappa shape index (κ1) is 12.8. The number of aromatic nitrogens is 2. The second-order valence-electron chi connectivity index (χ2n) is 3.87. The minimum atomic E-state index is -1.06. The first-order valence-corrected chi connectivity index (χ1v) is 5.77. The third kappa shape index (κ3) is 2.79. The summed E-state index contributed by atoms with van der Waals surface area (Å²) in [4.78, 5) is 26.8. The molecule has 0 spiro atoms. The van der Waals surface area contributed by atoms with E-state index in [-0.39, 0.29) is 17.3 Å². The second kappa shape index (κ2) is 5.34. The number of pyridine rings is 1. The zero-order valence-corrected chi connectivity index (χ0v) is 10.3. The Bertz CT molecular complexity index is 619. The lowest BCUT2D eigenvalue weighted by atomic mass is 10.2. The first-order valence-electron chi connectivity index (χ1n) is 5.77. The highest BCUT2D eigenvalue weighted by Crippen LogP contribution is 2.10. The molecule has 0 saturated carbocycles. The fourth-order valence-electron chi connectivity index (χ4n) is 1.71. The molecule has 0 saturated heterocycles. The SMILES string of the molecule is CCn1cccc1C(=O)Nc1cc(C(=O)O)ccn1. The number of aromatic carboxylic acids is 1. The van der Waals surface area contributed by atoms with Crippen molar-refractivity contribution in [3.8, 4) is 0 Å². The molecule has 2 aromatic heterocycles. The molecule has 6 nitrogen and oxygen atoms in total. The molecule has 0 fully saturated rings. The van der Waals surface area contributed by atoms with Crippen molar-refractivity contribution in [1.82, 2.24) is 9.55 Å². The van der Waals surface area contributed by atoms with Gasteiger partial charge >= 0.3 is 5.97 Å². The molecule has 98 valence electrons. The Labute approximate surface area is 109 Å². The summed E-state index contributed by atoms with van der Waals surface area (Å²) in [5.41, 5.74) is 0.584. The van der Waals surface area contributed by atoms with Crippen LogP contribution < -0.4 is 5.32 Å². The van der Waals surface area contributed by atoms with Gasteiger partial charge in [0, 0.05) is 18.9 Å². The van der Waals surface area contributed by atoms with Crippen LogP contribution >= 0.6 is 0 Å². The van der Waals surface area contributed by atoms with E-state index in [4.69, 9.17) is 5.11 Å². The van der Waals surface area contributed by atoms with Crippen LogP contribution in [0.2, 0.25) is 0 Å². The largest absolute Gasteiger partial charge is 0.478 e. The van der Waals surface area contributed by atoms with Gasteiger partial charge in [0.2, 0.25) is 0 Å². The summed E-state index contributed by atoms with van der Waals surface area (Å²) in [6, 6.07) is 6.16. The van der Waals surface area contributed by atoms with Crippen LogP contribution in [0.4, 0.5) is 5.82 Å². The normalized spacial score (nSPS) is 10.2. The van der Waals surface area contributed by atoms with Crippen LogP contribution in [0.5, 0.6) is 0 Å². The number of carbonyl (C=O) groups is 2. The summed E-state index contributed by atoms with van der Waals surface area (Å²) in [5.74, 6) is -1.16. The van der Waals surface area contributed by atoms with Gasteiger partial charge in [-0.3, -0.25) is 4.79 Å². The number of amides is 1. The van der Waals surface area contributed by atoms with Crippen LogP contribution in [0.3, 0.4) is 0 Å². The molecule has 0 aliphatic rings. The highest BCUT2D eigenvalue weighted by atomic mass is 16.4. The summed E-state index contributed by atoms with van der Waals surface area (Å²) in [7, 11) is 0. The molecule has 0 unspecified atom stereocenters. The van der Waals surface area contributed by atoms with Gasteiger partial charge in [-0.2, -0.15) is 0 Å². The van der Waals surface area contributed by atoms with Gasteiger partial charge in [0.15, 0.2) is 0 Å². The maximum absolute atomic E-state index is 12.0. The van der Waals surface area contributed by atoms with Gasteiger partial charge in [-0.25, -0.2) is 9.78 Å². The number of rotatable bonds is 4. The van der Waals surface area contributed by atoms with Crippen molar-refractivity contribution >= 4 is 17.7 Å². The van der Waals surface area contributed by atoms with Crippen molar-refractivity contribution in [2.24, 2.45) is 0 Å². The van der Waals surface area contributed by atoms with E-state index in [1.165, 1.54) is 18.3 Å². The first-order chi connectivity index (χ1) is 9.11. The molecule has 2 aromatic rings. The summed E-state index contributed by atoms with van der Waals surface area (Å²) in [6.07, 6.45) is 3.15. The Morgan fingerprint density at radius 3 is 2.89 bits per heavy atom. The van der Waals surface area contributed by atoms with Crippen molar-refractivity contribution < 1.29 is 14.7 Å². The lowest BCUT2D eigenvalue weighted by Crippen LogP contribution is -2.17. The summed E-state index contributed by atoms with van der Waals surface area (Å²) >= 11 is 0. The number of hydrogen-bond acceptors (Lipinski definition) is 3. The van der Waals surface area contributed by atoms with Crippen molar-refractivity contribution in [1.29, 1.82) is 0 Å². The van der Waals surface area contributed by atoms with E-state index in [1.54, 1.807) is 22.9 Å². The Morgan fingerprint density at radius 2 is 2.21 bits per heavy atom. The molecule has 0 aromatic carbocycles. The van der Waals surface area contributed by atoms with Gasteiger partial charge < -0.3 is 15.0 Å². The van der Waals surface area contributed by atoms with Crippen LogP contribution in [0.25, 0.3) is 0 Å². The molecule has 19 heavy (non-hydrogen) atoms. The number of aryl methyl sites for hydroxylation is 1. The highest BCUT2D eigenvalue weighted by molar-refractivity contribution is 6.03. The lowest BCUT2D eigenvalue weighted by Gasteiger charge is -2.07. The molecule has 0 aliphatic carbocycles. The predicted molar refractivity (Wildman–Crippen MR) is 69.3 cm³/mol. The van der Waals surface area contributed by atoms with E-state index in [0.717, 1.165) is 0 Å². The maximum Gasteiger partial charge on any atom is 0.335 e. The van der Waals surface area contributed by atoms with E-state index < -0.39 is 5.97 Å². The van der Waals surface area contributed by atoms with E-state index in [0.29, 0.717) is 12.2 Å². The van der Waals surface area contributed by atoms with Gasteiger partial charge in [-0.15, -0.1) is 0 Å². The summed E-state index contributed by atoms with van der Waals surface area (Å²) in [5, 5.41) is 11.4. The number of anilines is 1. The molecule has 0 atom stereocenters. The minimum Gasteiger partial charge on any atom is -0.478 e. The molecule has 6 heteroatoms. The Kier molecular flexibility index (Phi) is 3.61. The van der Waals surface area contributed by atoms with E-state index in [9.17, 15) is 9.59 Å². The van der Waals surface area contributed by atoms with Gasteiger partial charge in [0.05, 0.1) is 5.56 Å². The zero-order chi connectivity index (χ0) is 13.8. The molecule has 2 rings (SSSR count). The maximum atomic E-state index is 12.0. The summed E-state index contributed by atoms with van der Waals surface area (Å²) < 4.78 is 1.79. The van der Waals surface area contributed by atoms with Crippen LogP contribution in [0.15, 0.2) is 36.7 Å². The third-order valence-electron chi connectivity index (χ3n) is 2.65. The molecule has 0 bridgehead atoms. The van der Waals surface area contributed by atoms with E-state index >= 15 is 0 Å². The second-order valence-corrected chi connectivity index (χ2v) is 3.87. The van der Waals surface area contributed by atoms with Gasteiger partial charge in [-0.1, -0.05) is 0 Å². The quantitative estimate of drug-likeness (QED) is 0.877. The number of nitrogens with zero attached hydrogens (tertiary/aromatic N) is 2. The van der Waals surface area contributed by atoms with Crippen LogP contribution in [0.1, 0.15) is 27.8 Å². The summed E-state index contributed by atoms with van der Waals surface area (Å²) in [6.45, 7) is 2.61. The molecule has 0 radical (unpaired) electrons. The van der Waals surface area contributed by atoms with Crippen molar-refractivity contribution in [2.75, 3.05) is 5.32 Å². The number of hydrogen-bond donors (Lipinski definition) is 2. The Morgan fingerprint density at radius 1 is 1.42 bits per heavy atom. The molecule has 2 heterocycles. The molecular weight excluding hydrogens is 246 g/mol. The fourth-order valence-corrected chi connectivity index (χ4v) is 1.71. The van der Waals surface area contributed by atoms with Crippen LogP contribution in [-0.4, -0.2) is 26.5 Å². The van der Waals surface area contributed by atoms with E-state index in [1.807, 2.05) is 6.92 Å². The van der Waals surface area contributed by atoms with Crippen LogP contribution in [0, 0.1) is 0 Å². The molecule has 2 N–H and O–H groups in total. The molecule has 0 aliphatic heterocycles. The van der Waals surface area contributed by atoms with Gasteiger partial charge in [-0.05, 0) is 31.2 Å². The smallest absolute Gasteiger partial charge is 0.335 e. The van der Waals surface area contributed by atoms with E-state index in [2.05, 4.69) is 10.3 Å².